The molecule has 0 unspecified atom stereocenters. The number of methoxy groups -OCH3 is 2. The number of nitrogens with one attached hydrogen (secondary N) is 1. The van der Waals surface area contributed by atoms with Gasteiger partial charge in [0.15, 0.2) is 23.1 Å². The van der Waals surface area contributed by atoms with E-state index < -0.39 is 5.82 Å². The number of phenolic OH excluding ortho intramolecular Hbond substituents is 1. The van der Waals surface area contributed by atoms with E-state index in [9.17, 15) is 9.50 Å². The van der Waals surface area contributed by atoms with Gasteiger partial charge in [-0.3, -0.25) is 0 Å². The predicted molar refractivity (Wildman–Crippen MR) is 79.7 cm³/mol. The summed E-state index contributed by atoms with van der Waals surface area (Å²) in [6, 6.07) is 8.03. The molecule has 0 spiro atoms. The van der Waals surface area contributed by atoms with Crippen molar-refractivity contribution in [1.82, 2.24) is 0 Å². The molecule has 5 heteroatoms. The number of anilines is 1. The average Bonchev–Trinajstić information content (AvgIpc) is 2.49. The molecule has 112 valence electrons. The molecule has 0 radical (unpaired) electrons. The first-order valence-electron chi connectivity index (χ1n) is 6.49. The lowest BCUT2D eigenvalue weighted by Crippen LogP contribution is -2.02. The summed E-state index contributed by atoms with van der Waals surface area (Å²) in [5.74, 6) is 0.318. The number of rotatable bonds is 5. The Labute approximate surface area is 123 Å². The Morgan fingerprint density at radius 2 is 1.76 bits per heavy atom. The number of benzene rings is 2. The van der Waals surface area contributed by atoms with Crippen LogP contribution < -0.4 is 14.8 Å². The molecule has 0 saturated carbocycles. The molecule has 0 aliphatic carbocycles. The third-order valence-corrected chi connectivity index (χ3v) is 3.23. The molecule has 0 aliphatic rings. The first-order valence-corrected chi connectivity index (χ1v) is 6.49. The van der Waals surface area contributed by atoms with Crippen LogP contribution in [0.3, 0.4) is 0 Å². The van der Waals surface area contributed by atoms with Crippen molar-refractivity contribution in [2.24, 2.45) is 0 Å². The van der Waals surface area contributed by atoms with Crippen LogP contribution in [0, 0.1) is 12.7 Å². The van der Waals surface area contributed by atoms with E-state index in [-0.39, 0.29) is 5.75 Å². The molecule has 0 saturated heterocycles. The van der Waals surface area contributed by atoms with Gasteiger partial charge in [0.1, 0.15) is 0 Å². The highest BCUT2D eigenvalue weighted by Crippen LogP contribution is 2.33. The number of hydrogen-bond acceptors (Lipinski definition) is 4. The van der Waals surface area contributed by atoms with Crippen molar-refractivity contribution in [3.63, 3.8) is 0 Å². The third kappa shape index (κ3) is 3.37. The molecule has 0 aromatic heterocycles. The normalized spacial score (nSPS) is 10.3. The van der Waals surface area contributed by atoms with Crippen molar-refractivity contribution < 1.29 is 19.0 Å². The fourth-order valence-electron chi connectivity index (χ4n) is 2.03. The molecular formula is C16H18FNO3. The third-order valence-electron chi connectivity index (χ3n) is 3.23. The number of hydrogen-bond donors (Lipinski definition) is 2. The van der Waals surface area contributed by atoms with E-state index in [2.05, 4.69) is 5.32 Å². The largest absolute Gasteiger partial charge is 0.505 e. The van der Waals surface area contributed by atoms with Crippen molar-refractivity contribution in [3.8, 4) is 17.2 Å². The van der Waals surface area contributed by atoms with E-state index in [1.807, 2.05) is 19.1 Å². The smallest absolute Gasteiger partial charge is 0.165 e. The van der Waals surface area contributed by atoms with Crippen LogP contribution in [0.5, 0.6) is 17.2 Å². The van der Waals surface area contributed by atoms with Gasteiger partial charge in [0.25, 0.3) is 0 Å². The predicted octanol–water partition coefficient (Wildman–Crippen LogP) is 3.47. The van der Waals surface area contributed by atoms with E-state index in [1.54, 1.807) is 20.3 Å². The molecule has 4 nitrogen and oxygen atoms in total. The molecule has 0 amide bonds. The van der Waals surface area contributed by atoms with Gasteiger partial charge in [-0.15, -0.1) is 0 Å². The summed E-state index contributed by atoms with van der Waals surface area (Å²) in [4.78, 5) is 0. The van der Waals surface area contributed by atoms with Gasteiger partial charge in [-0.2, -0.15) is 0 Å². The SMILES string of the molecule is COc1cc(C)c(NCc2ccc(O)c(F)c2)cc1OC. The first kappa shape index (κ1) is 15.0. The minimum Gasteiger partial charge on any atom is -0.505 e. The van der Waals surface area contributed by atoms with Crippen LogP contribution in [0.15, 0.2) is 30.3 Å². The van der Waals surface area contributed by atoms with Crippen LogP contribution in [0.1, 0.15) is 11.1 Å². The topological polar surface area (TPSA) is 50.7 Å². The molecule has 0 atom stereocenters. The van der Waals surface area contributed by atoms with E-state index in [0.29, 0.717) is 18.0 Å². The summed E-state index contributed by atoms with van der Waals surface area (Å²) in [7, 11) is 3.16. The molecule has 0 fully saturated rings. The van der Waals surface area contributed by atoms with Crippen molar-refractivity contribution >= 4 is 5.69 Å². The zero-order chi connectivity index (χ0) is 15.4. The lowest BCUT2D eigenvalue weighted by molar-refractivity contribution is 0.355. The number of aromatic hydroxyl groups is 1. The summed E-state index contributed by atoms with van der Waals surface area (Å²) in [5.41, 5.74) is 2.60. The van der Waals surface area contributed by atoms with Crippen molar-refractivity contribution in [1.29, 1.82) is 0 Å². The number of ether oxygens (including phenoxy) is 2. The molecule has 2 aromatic carbocycles. The van der Waals surface area contributed by atoms with E-state index in [4.69, 9.17) is 9.47 Å². The lowest BCUT2D eigenvalue weighted by atomic mass is 10.1. The highest BCUT2D eigenvalue weighted by atomic mass is 19.1. The van der Waals surface area contributed by atoms with Crippen LogP contribution in [0.25, 0.3) is 0 Å². The van der Waals surface area contributed by atoms with Gasteiger partial charge in [0.2, 0.25) is 0 Å². The maximum absolute atomic E-state index is 13.3. The van der Waals surface area contributed by atoms with Crippen LogP contribution in [0.2, 0.25) is 0 Å². The Hall–Kier alpha value is -2.43. The van der Waals surface area contributed by atoms with Gasteiger partial charge in [-0.25, -0.2) is 4.39 Å². The fraction of sp³-hybridized carbons (Fsp3) is 0.250. The Balaban J connectivity index is 2.17. The molecule has 0 bridgehead atoms. The Kier molecular flexibility index (Phi) is 4.52. The maximum Gasteiger partial charge on any atom is 0.165 e. The van der Waals surface area contributed by atoms with Crippen molar-refractivity contribution in [2.45, 2.75) is 13.5 Å². The van der Waals surface area contributed by atoms with Gasteiger partial charge in [-0.05, 0) is 36.2 Å². The summed E-state index contributed by atoms with van der Waals surface area (Å²) in [5, 5.41) is 12.4. The standard InChI is InChI=1S/C16H18FNO3/c1-10-6-15(20-2)16(21-3)8-13(10)18-9-11-4-5-14(19)12(17)7-11/h4-8,18-19H,9H2,1-3H3. The van der Waals surface area contributed by atoms with Gasteiger partial charge in [0.05, 0.1) is 14.2 Å². The second-order valence-electron chi connectivity index (χ2n) is 4.66. The number of halogens is 1. The quantitative estimate of drug-likeness (QED) is 0.885. The number of aryl methyl sites for hydroxylation is 1. The highest BCUT2D eigenvalue weighted by Gasteiger charge is 2.09. The molecule has 2 aromatic rings. The molecule has 21 heavy (non-hydrogen) atoms. The van der Waals surface area contributed by atoms with Gasteiger partial charge in [0, 0.05) is 18.3 Å². The van der Waals surface area contributed by atoms with E-state index in [0.717, 1.165) is 16.8 Å². The Morgan fingerprint density at radius 1 is 1.10 bits per heavy atom. The second-order valence-corrected chi connectivity index (χ2v) is 4.66. The van der Waals surface area contributed by atoms with Crippen LogP contribution in [0.4, 0.5) is 10.1 Å². The monoisotopic (exact) mass is 291 g/mol. The zero-order valence-electron chi connectivity index (χ0n) is 12.2. The summed E-state index contributed by atoms with van der Waals surface area (Å²) >= 11 is 0. The lowest BCUT2D eigenvalue weighted by Gasteiger charge is -2.14. The van der Waals surface area contributed by atoms with Crippen molar-refractivity contribution in [3.05, 3.63) is 47.3 Å². The van der Waals surface area contributed by atoms with Gasteiger partial charge >= 0.3 is 0 Å². The highest BCUT2D eigenvalue weighted by molar-refractivity contribution is 5.60. The summed E-state index contributed by atoms with van der Waals surface area (Å²) in [6.45, 7) is 2.38. The molecule has 2 N–H and O–H groups in total. The minimum atomic E-state index is -0.627. The van der Waals surface area contributed by atoms with E-state index >= 15 is 0 Å². The molecule has 0 heterocycles. The summed E-state index contributed by atoms with van der Waals surface area (Å²) < 4.78 is 23.8. The first-order chi connectivity index (χ1) is 10.0. The Morgan fingerprint density at radius 3 is 2.38 bits per heavy atom. The van der Waals surface area contributed by atoms with Crippen LogP contribution >= 0.6 is 0 Å². The van der Waals surface area contributed by atoms with Crippen molar-refractivity contribution in [2.75, 3.05) is 19.5 Å². The molecule has 0 aliphatic heterocycles. The van der Waals surface area contributed by atoms with Crippen LogP contribution in [-0.2, 0) is 6.54 Å². The molecule has 2 rings (SSSR count). The van der Waals surface area contributed by atoms with Crippen LogP contribution in [-0.4, -0.2) is 19.3 Å². The second kappa shape index (κ2) is 6.35. The molecular weight excluding hydrogens is 273 g/mol. The van der Waals surface area contributed by atoms with E-state index in [1.165, 1.54) is 12.1 Å². The maximum atomic E-state index is 13.3. The minimum absolute atomic E-state index is 0.346. The average molecular weight is 291 g/mol. The fourth-order valence-corrected chi connectivity index (χ4v) is 2.03. The Bertz CT molecular complexity index is 644. The number of phenols is 1. The van der Waals surface area contributed by atoms with Gasteiger partial charge in [-0.1, -0.05) is 6.07 Å². The zero-order valence-corrected chi connectivity index (χ0v) is 12.2. The summed E-state index contributed by atoms with van der Waals surface area (Å²) in [6.07, 6.45) is 0. The van der Waals surface area contributed by atoms with Gasteiger partial charge < -0.3 is 19.9 Å².